The monoisotopic (exact) mass is 358 g/mol. The highest BCUT2D eigenvalue weighted by molar-refractivity contribution is 14.1. The predicted octanol–water partition coefficient (Wildman–Crippen LogP) is 3.01. The highest BCUT2D eigenvalue weighted by atomic mass is 127. The molecule has 0 atom stereocenters. The van der Waals surface area contributed by atoms with Gasteiger partial charge in [0.1, 0.15) is 0 Å². The standard InChI is InChI=1S/C14H19IN2O/c1-2-14(7-9-16-10-8-14)13(18)17-12-6-4-3-5-11(12)15/h3-6,16H,2,7-10H2,1H3,(H,17,18). The molecule has 0 aromatic heterocycles. The van der Waals surface area contributed by atoms with Crippen LogP contribution in [0, 0.1) is 8.99 Å². The summed E-state index contributed by atoms with van der Waals surface area (Å²) >= 11 is 2.25. The molecule has 0 unspecified atom stereocenters. The average Bonchev–Trinajstić information content (AvgIpc) is 2.42. The van der Waals surface area contributed by atoms with Crippen LogP contribution in [0.2, 0.25) is 0 Å². The van der Waals surface area contributed by atoms with E-state index in [9.17, 15) is 4.79 Å². The molecule has 98 valence electrons. The van der Waals surface area contributed by atoms with Gasteiger partial charge < -0.3 is 10.6 Å². The van der Waals surface area contributed by atoms with E-state index < -0.39 is 0 Å². The lowest BCUT2D eigenvalue weighted by atomic mass is 9.76. The molecule has 1 aromatic rings. The first-order valence-corrected chi connectivity index (χ1v) is 7.52. The molecular weight excluding hydrogens is 339 g/mol. The Morgan fingerprint density at radius 3 is 2.67 bits per heavy atom. The number of carbonyl (C=O) groups is 1. The second-order valence-corrected chi connectivity index (χ2v) is 5.98. The van der Waals surface area contributed by atoms with Crippen molar-refractivity contribution in [1.29, 1.82) is 0 Å². The van der Waals surface area contributed by atoms with Crippen molar-refractivity contribution in [1.82, 2.24) is 5.32 Å². The molecular formula is C14H19IN2O. The number of piperidine rings is 1. The predicted molar refractivity (Wildman–Crippen MR) is 82.6 cm³/mol. The summed E-state index contributed by atoms with van der Waals surface area (Å²) in [7, 11) is 0. The maximum Gasteiger partial charge on any atom is 0.230 e. The second kappa shape index (κ2) is 6.02. The number of hydrogen-bond acceptors (Lipinski definition) is 2. The first kappa shape index (κ1) is 13.8. The number of amides is 1. The van der Waals surface area contributed by atoms with E-state index in [1.54, 1.807) is 0 Å². The molecule has 0 aliphatic carbocycles. The first-order valence-electron chi connectivity index (χ1n) is 6.45. The van der Waals surface area contributed by atoms with Crippen molar-refractivity contribution in [2.75, 3.05) is 18.4 Å². The maximum absolute atomic E-state index is 12.5. The van der Waals surface area contributed by atoms with Crippen molar-refractivity contribution in [3.63, 3.8) is 0 Å². The fraction of sp³-hybridized carbons (Fsp3) is 0.500. The summed E-state index contributed by atoms with van der Waals surface area (Å²) in [6, 6.07) is 7.91. The van der Waals surface area contributed by atoms with Crippen LogP contribution in [0.1, 0.15) is 26.2 Å². The summed E-state index contributed by atoms with van der Waals surface area (Å²) in [6.07, 6.45) is 2.77. The van der Waals surface area contributed by atoms with E-state index in [-0.39, 0.29) is 11.3 Å². The molecule has 2 rings (SSSR count). The summed E-state index contributed by atoms with van der Waals surface area (Å²) in [5.41, 5.74) is 0.735. The lowest BCUT2D eigenvalue weighted by Gasteiger charge is -2.35. The van der Waals surface area contributed by atoms with E-state index >= 15 is 0 Å². The zero-order valence-corrected chi connectivity index (χ0v) is 12.8. The van der Waals surface area contributed by atoms with Crippen LogP contribution in [0.25, 0.3) is 0 Å². The molecule has 2 N–H and O–H groups in total. The minimum atomic E-state index is -0.190. The lowest BCUT2D eigenvalue weighted by Crippen LogP contribution is -2.44. The molecule has 1 heterocycles. The number of halogens is 1. The summed E-state index contributed by atoms with van der Waals surface area (Å²) in [5, 5.41) is 6.42. The van der Waals surface area contributed by atoms with E-state index in [4.69, 9.17) is 0 Å². The molecule has 1 aliphatic rings. The van der Waals surface area contributed by atoms with Gasteiger partial charge in [-0.3, -0.25) is 4.79 Å². The fourth-order valence-electron chi connectivity index (χ4n) is 2.46. The molecule has 0 spiro atoms. The topological polar surface area (TPSA) is 41.1 Å². The van der Waals surface area contributed by atoms with E-state index in [1.807, 2.05) is 24.3 Å². The van der Waals surface area contributed by atoms with E-state index in [0.717, 1.165) is 41.6 Å². The Morgan fingerprint density at radius 1 is 1.39 bits per heavy atom. The SMILES string of the molecule is CCC1(C(=O)Nc2ccccc2I)CCNCC1. The Balaban J connectivity index is 2.13. The van der Waals surface area contributed by atoms with Gasteiger partial charge >= 0.3 is 0 Å². The zero-order valence-electron chi connectivity index (χ0n) is 10.6. The normalized spacial score (nSPS) is 18.3. The third-order valence-electron chi connectivity index (χ3n) is 3.84. The van der Waals surface area contributed by atoms with Gasteiger partial charge in [-0.1, -0.05) is 19.1 Å². The van der Waals surface area contributed by atoms with Crippen LogP contribution in [0.3, 0.4) is 0 Å². The van der Waals surface area contributed by atoms with Gasteiger partial charge in [-0.15, -0.1) is 0 Å². The van der Waals surface area contributed by atoms with Gasteiger partial charge in [-0.2, -0.15) is 0 Å². The van der Waals surface area contributed by atoms with Gasteiger partial charge in [0.2, 0.25) is 5.91 Å². The maximum atomic E-state index is 12.5. The van der Waals surface area contributed by atoms with Crippen molar-refractivity contribution in [3.05, 3.63) is 27.8 Å². The molecule has 1 saturated heterocycles. The Labute approximate surface area is 122 Å². The molecule has 4 heteroatoms. The van der Waals surface area contributed by atoms with Crippen LogP contribution in [-0.2, 0) is 4.79 Å². The quantitative estimate of drug-likeness (QED) is 0.816. The number of para-hydroxylation sites is 1. The van der Waals surface area contributed by atoms with Crippen LogP contribution in [0.15, 0.2) is 24.3 Å². The van der Waals surface area contributed by atoms with Gasteiger partial charge in [0.05, 0.1) is 11.1 Å². The molecule has 0 saturated carbocycles. The van der Waals surface area contributed by atoms with E-state index in [2.05, 4.69) is 40.1 Å². The minimum absolute atomic E-state index is 0.176. The third kappa shape index (κ3) is 2.85. The van der Waals surface area contributed by atoms with Crippen LogP contribution < -0.4 is 10.6 Å². The number of anilines is 1. The number of rotatable bonds is 3. The smallest absolute Gasteiger partial charge is 0.230 e. The Morgan fingerprint density at radius 2 is 2.06 bits per heavy atom. The summed E-state index contributed by atoms with van der Waals surface area (Å²) in [6.45, 7) is 3.99. The number of nitrogens with one attached hydrogen (secondary N) is 2. The largest absolute Gasteiger partial charge is 0.325 e. The van der Waals surface area contributed by atoms with Crippen molar-refractivity contribution >= 4 is 34.2 Å². The van der Waals surface area contributed by atoms with Gasteiger partial charge in [0.15, 0.2) is 0 Å². The Kier molecular flexibility index (Phi) is 4.61. The highest BCUT2D eigenvalue weighted by Gasteiger charge is 2.37. The van der Waals surface area contributed by atoms with Crippen molar-refractivity contribution in [2.24, 2.45) is 5.41 Å². The van der Waals surface area contributed by atoms with Gasteiger partial charge in [-0.05, 0) is 67.1 Å². The summed E-state index contributed by atoms with van der Waals surface area (Å²) < 4.78 is 1.09. The van der Waals surface area contributed by atoms with Crippen LogP contribution in [0.5, 0.6) is 0 Å². The minimum Gasteiger partial charge on any atom is -0.325 e. The summed E-state index contributed by atoms with van der Waals surface area (Å²) in [4.78, 5) is 12.5. The van der Waals surface area contributed by atoms with Crippen molar-refractivity contribution < 1.29 is 4.79 Å². The molecule has 1 aliphatic heterocycles. The molecule has 0 bridgehead atoms. The number of carbonyl (C=O) groups excluding carboxylic acids is 1. The van der Waals surface area contributed by atoms with Crippen LogP contribution >= 0.6 is 22.6 Å². The molecule has 0 radical (unpaired) electrons. The van der Waals surface area contributed by atoms with Crippen LogP contribution in [-0.4, -0.2) is 19.0 Å². The lowest BCUT2D eigenvalue weighted by molar-refractivity contribution is -0.127. The zero-order chi connectivity index (χ0) is 13.0. The average molecular weight is 358 g/mol. The number of hydrogen-bond donors (Lipinski definition) is 2. The molecule has 1 fully saturated rings. The molecule has 18 heavy (non-hydrogen) atoms. The first-order chi connectivity index (χ1) is 8.68. The fourth-order valence-corrected chi connectivity index (χ4v) is 2.99. The van der Waals surface area contributed by atoms with Crippen LogP contribution in [0.4, 0.5) is 5.69 Å². The third-order valence-corrected chi connectivity index (χ3v) is 4.78. The highest BCUT2D eigenvalue weighted by Crippen LogP contribution is 2.34. The second-order valence-electron chi connectivity index (χ2n) is 4.82. The summed E-state index contributed by atoms with van der Waals surface area (Å²) in [5.74, 6) is 0.176. The van der Waals surface area contributed by atoms with Crippen molar-refractivity contribution in [2.45, 2.75) is 26.2 Å². The molecule has 3 nitrogen and oxygen atoms in total. The molecule has 1 aromatic carbocycles. The van der Waals surface area contributed by atoms with Gasteiger partial charge in [0.25, 0.3) is 0 Å². The van der Waals surface area contributed by atoms with E-state index in [0.29, 0.717) is 0 Å². The van der Waals surface area contributed by atoms with Gasteiger partial charge in [0, 0.05) is 3.57 Å². The molecule has 1 amide bonds. The Hall–Kier alpha value is -0.620. The Bertz CT molecular complexity index is 428. The van der Waals surface area contributed by atoms with Crippen molar-refractivity contribution in [3.8, 4) is 0 Å². The number of benzene rings is 1. The van der Waals surface area contributed by atoms with E-state index in [1.165, 1.54) is 0 Å². The van der Waals surface area contributed by atoms with Gasteiger partial charge in [-0.25, -0.2) is 0 Å².